The summed E-state index contributed by atoms with van der Waals surface area (Å²) in [4.78, 5) is 113. The van der Waals surface area contributed by atoms with Crippen molar-refractivity contribution in [3.63, 3.8) is 0 Å². The van der Waals surface area contributed by atoms with Crippen molar-refractivity contribution in [1.82, 2.24) is 36.4 Å². The van der Waals surface area contributed by atoms with Crippen molar-refractivity contribution in [2.75, 3.05) is 13.1 Å². The van der Waals surface area contributed by atoms with Gasteiger partial charge in [0, 0.05) is 38.3 Å². The number of aliphatic hydroxyl groups is 8. The molecule has 1 aromatic rings. The van der Waals surface area contributed by atoms with Gasteiger partial charge >= 0.3 is 0 Å². The minimum absolute atomic E-state index is 0.0813. The highest BCUT2D eigenvalue weighted by atomic mass is 16.3. The van der Waals surface area contributed by atoms with Crippen molar-refractivity contribution in [3.05, 3.63) is 29.8 Å². The number of nitrogens with zero attached hydrogens (tertiary/aromatic N) is 2. The van der Waals surface area contributed by atoms with E-state index in [1.54, 1.807) is 0 Å². The summed E-state index contributed by atoms with van der Waals surface area (Å²) in [5.41, 5.74) is 5.23. The summed E-state index contributed by atoms with van der Waals surface area (Å²) >= 11 is 0. The highest BCUT2D eigenvalue weighted by Crippen LogP contribution is 2.28. The Morgan fingerprint density at radius 2 is 1.32 bits per heavy atom. The molecule has 8 amide bonds. The standard InChI is InChI=1S/C51H82N8O17/c1-6-25(2)19-26(3)13-11-9-7-8-10-12-14-37(66)53-32-21-35(64)47(72)57-49(74)41-42(67)27(4)23-59(41)51(76)39(34(63)22-36(52)65)55-48(73)40(44(69)43(68)29-15-17-30(61)18-16-29)56-46(71)33-20-31(62)24-58(33)50(75)38(28(5)60)54-45(32)70/h15-18,25-28,31-35,38-44,47,60-64,67-69,72H,6-14,19-24H2,1-5H3,(H2,52,65)(H,53,66)(H,54,70)(H,55,73)(H,56,71)(H,57,74)/t25-,26-,27-,28+,31+,32+,33+,34+,35-,38-,39+,40-,41-,42-,43-,44-,47+/m1/s1. The molecular weight excluding hydrogens is 997 g/mol. The van der Waals surface area contributed by atoms with Gasteiger partial charge in [-0.25, -0.2) is 0 Å². The summed E-state index contributed by atoms with van der Waals surface area (Å²) in [5.74, 6) is -9.52. The largest absolute Gasteiger partial charge is 0.508 e. The normalized spacial score (nSPS) is 29.8. The first-order chi connectivity index (χ1) is 35.7. The second-order valence-electron chi connectivity index (χ2n) is 21.2. The number of amides is 8. The molecule has 3 saturated heterocycles. The molecule has 428 valence electrons. The highest BCUT2D eigenvalue weighted by Gasteiger charge is 2.50. The second kappa shape index (κ2) is 29.3. The molecule has 17 atom stereocenters. The van der Waals surface area contributed by atoms with Crippen molar-refractivity contribution in [3.8, 4) is 5.75 Å². The second-order valence-corrected chi connectivity index (χ2v) is 21.2. The molecule has 25 heteroatoms. The number of nitrogens with one attached hydrogen (secondary N) is 5. The zero-order chi connectivity index (χ0) is 56.7. The number of phenolic OH excluding ortho intramolecular Hbond substituents is 1. The molecule has 3 heterocycles. The van der Waals surface area contributed by atoms with Crippen LogP contribution in [-0.4, -0.2) is 195 Å². The molecule has 0 bridgehead atoms. The van der Waals surface area contributed by atoms with E-state index in [2.05, 4.69) is 47.4 Å². The van der Waals surface area contributed by atoms with Gasteiger partial charge in [-0.3, -0.25) is 38.4 Å². The van der Waals surface area contributed by atoms with E-state index in [1.165, 1.54) is 13.3 Å². The van der Waals surface area contributed by atoms with Crippen LogP contribution in [0, 0.1) is 17.8 Å². The number of carbonyl (C=O) groups excluding carboxylic acids is 8. The van der Waals surface area contributed by atoms with E-state index in [4.69, 9.17) is 5.73 Å². The van der Waals surface area contributed by atoms with E-state index >= 15 is 0 Å². The van der Waals surface area contributed by atoms with Gasteiger partial charge in [0.25, 0.3) is 0 Å². The molecule has 0 spiro atoms. The molecule has 0 aliphatic carbocycles. The summed E-state index contributed by atoms with van der Waals surface area (Å²) in [6.45, 7) is 8.17. The topological polar surface area (TPSA) is 411 Å². The fourth-order valence-corrected chi connectivity index (χ4v) is 10.0. The van der Waals surface area contributed by atoms with Crippen LogP contribution in [0.2, 0.25) is 0 Å². The quantitative estimate of drug-likeness (QED) is 0.0575. The third-order valence-electron chi connectivity index (χ3n) is 14.7. The zero-order valence-corrected chi connectivity index (χ0v) is 44.0. The molecule has 3 fully saturated rings. The molecule has 3 aliphatic heterocycles. The minimum Gasteiger partial charge on any atom is -0.508 e. The van der Waals surface area contributed by atoms with E-state index in [1.807, 2.05) is 0 Å². The molecule has 0 radical (unpaired) electrons. The van der Waals surface area contributed by atoms with E-state index in [0.29, 0.717) is 29.6 Å². The van der Waals surface area contributed by atoms with Gasteiger partial charge in [0.1, 0.15) is 60.3 Å². The van der Waals surface area contributed by atoms with Crippen LogP contribution in [0.25, 0.3) is 0 Å². The predicted molar refractivity (Wildman–Crippen MR) is 270 cm³/mol. The van der Waals surface area contributed by atoms with E-state index in [9.17, 15) is 84.3 Å². The lowest BCUT2D eigenvalue weighted by Crippen LogP contribution is -2.64. The molecule has 0 saturated carbocycles. The van der Waals surface area contributed by atoms with E-state index in [-0.39, 0.29) is 17.7 Å². The number of carbonyl (C=O) groups is 8. The molecule has 25 nitrogen and oxygen atoms in total. The summed E-state index contributed by atoms with van der Waals surface area (Å²) in [6, 6.07) is -7.42. The summed E-state index contributed by atoms with van der Waals surface area (Å²) < 4.78 is 0. The number of aromatic hydroxyl groups is 1. The lowest BCUT2D eigenvalue weighted by atomic mass is 9.91. The number of rotatable bonds is 20. The van der Waals surface area contributed by atoms with Crippen molar-refractivity contribution >= 4 is 47.3 Å². The Kier molecular flexibility index (Phi) is 24.3. The Labute approximate surface area is 442 Å². The monoisotopic (exact) mass is 1080 g/mol. The predicted octanol–water partition coefficient (Wildman–Crippen LogP) is -3.10. The summed E-state index contributed by atoms with van der Waals surface area (Å²) in [5, 5.41) is 111. The number of phenols is 1. The number of primary amides is 1. The van der Waals surface area contributed by atoms with E-state index in [0.717, 1.165) is 74.6 Å². The third kappa shape index (κ3) is 17.5. The van der Waals surface area contributed by atoms with Crippen LogP contribution in [0.1, 0.15) is 130 Å². The van der Waals surface area contributed by atoms with Gasteiger partial charge < -0.3 is 88.1 Å². The first-order valence-electron chi connectivity index (χ1n) is 26.4. The molecule has 0 aromatic heterocycles. The number of fused-ring (bicyclic) bond motifs is 2. The van der Waals surface area contributed by atoms with Crippen LogP contribution in [0.5, 0.6) is 5.75 Å². The van der Waals surface area contributed by atoms with Gasteiger partial charge in [-0.05, 0) is 49.3 Å². The SMILES string of the molecule is CC[C@@H](C)C[C@H](C)CCCCCCCCC(=O)N[C@H]1C[C@@H](O)[C@H](O)NC(=O)[C@H]2[C@H](O)[C@H](C)CN2C(=O)[C@H]([C@@H](O)CC(N)=O)NC(=O)[C@@H]([C@@H](O)[C@H](O)c2ccc(O)cc2)NC(=O)[C@@H]2C[C@H](O)CN2C(=O)[C@@H]([C@H](C)O)NC1=O. The number of benzene rings is 1. The van der Waals surface area contributed by atoms with Crippen LogP contribution in [0.15, 0.2) is 24.3 Å². The van der Waals surface area contributed by atoms with Crippen molar-refractivity contribution < 1.29 is 84.3 Å². The molecule has 4 rings (SSSR count). The van der Waals surface area contributed by atoms with Crippen LogP contribution in [-0.2, 0) is 38.4 Å². The van der Waals surface area contributed by atoms with Gasteiger partial charge in [0.05, 0.1) is 30.8 Å². The Hall–Kier alpha value is -5.54. The average molecular weight is 1080 g/mol. The van der Waals surface area contributed by atoms with Crippen LogP contribution in [0.4, 0.5) is 0 Å². The van der Waals surface area contributed by atoms with Crippen LogP contribution >= 0.6 is 0 Å². The third-order valence-corrected chi connectivity index (χ3v) is 14.7. The summed E-state index contributed by atoms with van der Waals surface area (Å²) in [7, 11) is 0. The van der Waals surface area contributed by atoms with Gasteiger partial charge in [-0.15, -0.1) is 0 Å². The lowest BCUT2D eigenvalue weighted by Gasteiger charge is -2.34. The molecular formula is C51H82N8O17. The maximum absolute atomic E-state index is 14.5. The Morgan fingerprint density at radius 3 is 1.93 bits per heavy atom. The van der Waals surface area contributed by atoms with Gasteiger partial charge in [0.15, 0.2) is 6.23 Å². The molecule has 0 unspecified atom stereocenters. The smallest absolute Gasteiger partial charge is 0.248 e. The number of aliphatic hydroxyl groups excluding tert-OH is 8. The maximum Gasteiger partial charge on any atom is 0.248 e. The molecule has 76 heavy (non-hydrogen) atoms. The fraction of sp³-hybridized carbons (Fsp3) is 0.725. The average Bonchev–Trinajstić information content (AvgIpc) is 3.90. The Morgan fingerprint density at radius 1 is 0.724 bits per heavy atom. The lowest BCUT2D eigenvalue weighted by molar-refractivity contribution is -0.149. The van der Waals surface area contributed by atoms with Crippen LogP contribution < -0.4 is 32.3 Å². The van der Waals surface area contributed by atoms with Crippen molar-refractivity contribution in [1.29, 1.82) is 0 Å². The Bertz CT molecular complexity index is 2140. The number of hydrogen-bond acceptors (Lipinski definition) is 17. The van der Waals surface area contributed by atoms with Gasteiger partial charge in [-0.2, -0.15) is 0 Å². The number of unbranched alkanes of at least 4 members (excludes halogenated alkanes) is 5. The van der Waals surface area contributed by atoms with E-state index < -0.39 is 171 Å². The first-order valence-corrected chi connectivity index (χ1v) is 26.4. The molecule has 3 aliphatic rings. The fourth-order valence-electron chi connectivity index (χ4n) is 10.0. The van der Waals surface area contributed by atoms with Gasteiger partial charge in [0.2, 0.25) is 47.3 Å². The minimum atomic E-state index is -2.37. The number of nitrogens with two attached hydrogens (primary N) is 1. The molecule has 1 aromatic carbocycles. The van der Waals surface area contributed by atoms with Crippen LogP contribution in [0.3, 0.4) is 0 Å². The Balaban J connectivity index is 1.71. The number of hydrogen-bond donors (Lipinski definition) is 15. The highest BCUT2D eigenvalue weighted by molar-refractivity contribution is 5.98. The maximum atomic E-state index is 14.5. The molecule has 16 N–H and O–H groups in total. The summed E-state index contributed by atoms with van der Waals surface area (Å²) in [6.07, 6.45) is -9.95. The zero-order valence-electron chi connectivity index (χ0n) is 44.0. The van der Waals surface area contributed by atoms with Gasteiger partial charge in [-0.1, -0.05) is 84.8 Å². The first kappa shape index (κ1) is 63.0. The van der Waals surface area contributed by atoms with Crippen molar-refractivity contribution in [2.45, 2.75) is 203 Å². The van der Waals surface area contributed by atoms with Crippen molar-refractivity contribution in [2.24, 2.45) is 23.5 Å².